The van der Waals surface area contributed by atoms with Crippen LogP contribution in [0.2, 0.25) is 0 Å². The van der Waals surface area contributed by atoms with Crippen LogP contribution in [-0.2, 0) is 9.53 Å². The van der Waals surface area contributed by atoms with Gasteiger partial charge in [-0.15, -0.1) is 11.3 Å². The van der Waals surface area contributed by atoms with Gasteiger partial charge >= 0.3 is 5.97 Å². The number of aromatic nitrogens is 3. The predicted molar refractivity (Wildman–Crippen MR) is 124 cm³/mol. The number of carbonyl (C=O) groups excluding carboxylic acids is 2. The number of methoxy groups -OCH3 is 2. The molecule has 1 unspecified atom stereocenters. The van der Waals surface area contributed by atoms with E-state index in [9.17, 15) is 9.59 Å². The molecule has 2 aromatic carbocycles. The minimum Gasteiger partial charge on any atom is -0.493 e. The van der Waals surface area contributed by atoms with Gasteiger partial charge in [0.1, 0.15) is 0 Å². The average Bonchev–Trinajstić information content (AvgIpc) is 3.31. The van der Waals surface area contributed by atoms with Crippen molar-refractivity contribution in [3.05, 3.63) is 59.7 Å². The fraction of sp³-hybridized carbons (Fsp3) is 0.174. The molecule has 0 aliphatic heterocycles. The van der Waals surface area contributed by atoms with Gasteiger partial charge in [0.2, 0.25) is 0 Å². The third kappa shape index (κ3) is 4.90. The van der Waals surface area contributed by atoms with Gasteiger partial charge in [0, 0.05) is 10.9 Å². The smallest absolute Gasteiger partial charge is 0.359 e. The van der Waals surface area contributed by atoms with Crippen molar-refractivity contribution in [2.45, 2.75) is 13.0 Å². The number of esters is 1. The molecule has 1 amide bonds. The molecule has 0 aliphatic rings. The molecular weight excluding hydrogens is 444 g/mol. The lowest BCUT2D eigenvalue weighted by Gasteiger charge is -2.12. The van der Waals surface area contributed by atoms with Gasteiger partial charge in [-0.3, -0.25) is 15.1 Å². The van der Waals surface area contributed by atoms with Crippen LogP contribution in [0.4, 0.5) is 5.13 Å². The van der Waals surface area contributed by atoms with Crippen LogP contribution in [0.15, 0.2) is 54.0 Å². The number of nitrogens with zero attached hydrogens (tertiary/aromatic N) is 3. The first kappa shape index (κ1) is 22.2. The first-order chi connectivity index (χ1) is 16.0. The number of thiazole rings is 1. The van der Waals surface area contributed by atoms with E-state index < -0.39 is 18.0 Å². The molecule has 0 bridgehead atoms. The minimum absolute atomic E-state index is 0.0262. The molecule has 0 spiro atoms. The van der Waals surface area contributed by atoms with Crippen molar-refractivity contribution in [2.24, 2.45) is 0 Å². The first-order valence-corrected chi connectivity index (χ1v) is 10.8. The summed E-state index contributed by atoms with van der Waals surface area (Å²) in [5, 5.41) is 4.85. The van der Waals surface area contributed by atoms with Crippen LogP contribution in [0.25, 0.3) is 22.3 Å². The normalized spacial score (nSPS) is 11.6. The Morgan fingerprint density at radius 1 is 1.00 bits per heavy atom. The van der Waals surface area contributed by atoms with Crippen molar-refractivity contribution in [3.63, 3.8) is 0 Å². The second-order valence-electron chi connectivity index (χ2n) is 6.89. The summed E-state index contributed by atoms with van der Waals surface area (Å²) in [6.45, 7) is 1.48. The van der Waals surface area contributed by atoms with Gasteiger partial charge in [-0.1, -0.05) is 12.1 Å². The Balaban J connectivity index is 1.41. The molecule has 9 nitrogen and oxygen atoms in total. The van der Waals surface area contributed by atoms with Crippen LogP contribution in [0, 0.1) is 0 Å². The first-order valence-electron chi connectivity index (χ1n) is 9.90. The fourth-order valence-electron chi connectivity index (χ4n) is 3.00. The number of hydrogen-bond acceptors (Lipinski definition) is 9. The van der Waals surface area contributed by atoms with E-state index in [1.807, 2.05) is 12.1 Å². The number of ether oxygens (including phenoxy) is 3. The fourth-order valence-corrected chi connectivity index (χ4v) is 3.72. The van der Waals surface area contributed by atoms with Gasteiger partial charge in [-0.2, -0.15) is 0 Å². The maximum atomic E-state index is 12.5. The zero-order valence-corrected chi connectivity index (χ0v) is 18.9. The molecule has 0 radical (unpaired) electrons. The number of anilines is 1. The van der Waals surface area contributed by atoms with Crippen LogP contribution in [0.3, 0.4) is 0 Å². The highest BCUT2D eigenvalue weighted by atomic mass is 32.1. The van der Waals surface area contributed by atoms with Gasteiger partial charge in [0.15, 0.2) is 28.4 Å². The van der Waals surface area contributed by atoms with E-state index in [1.165, 1.54) is 24.5 Å². The van der Waals surface area contributed by atoms with Crippen LogP contribution < -0.4 is 14.8 Å². The highest BCUT2D eigenvalue weighted by Gasteiger charge is 2.21. The number of amides is 1. The maximum Gasteiger partial charge on any atom is 0.359 e. The molecule has 33 heavy (non-hydrogen) atoms. The van der Waals surface area contributed by atoms with Gasteiger partial charge in [-0.25, -0.2) is 14.8 Å². The topological polar surface area (TPSA) is 113 Å². The molecule has 2 heterocycles. The molecule has 1 atom stereocenters. The number of para-hydroxylation sites is 2. The molecule has 4 rings (SSSR count). The summed E-state index contributed by atoms with van der Waals surface area (Å²) in [5.41, 5.74) is 2.72. The third-order valence-electron chi connectivity index (χ3n) is 4.72. The van der Waals surface area contributed by atoms with Gasteiger partial charge in [-0.05, 0) is 37.3 Å². The van der Waals surface area contributed by atoms with E-state index >= 15 is 0 Å². The summed E-state index contributed by atoms with van der Waals surface area (Å²) in [6, 6.07) is 12.6. The van der Waals surface area contributed by atoms with Gasteiger partial charge in [0.25, 0.3) is 5.91 Å². The van der Waals surface area contributed by atoms with Crippen LogP contribution in [-0.4, -0.2) is 47.2 Å². The molecule has 10 heteroatoms. The summed E-state index contributed by atoms with van der Waals surface area (Å²) in [5.74, 6) is -0.0611. The van der Waals surface area contributed by atoms with E-state index in [4.69, 9.17) is 14.2 Å². The summed E-state index contributed by atoms with van der Waals surface area (Å²) in [7, 11) is 3.12. The lowest BCUT2D eigenvalue weighted by atomic mass is 10.1. The number of hydrogen-bond donors (Lipinski definition) is 1. The van der Waals surface area contributed by atoms with E-state index in [0.717, 1.165) is 5.56 Å². The zero-order valence-electron chi connectivity index (χ0n) is 18.1. The van der Waals surface area contributed by atoms with E-state index in [0.29, 0.717) is 33.4 Å². The molecule has 1 N–H and O–H groups in total. The Kier molecular flexibility index (Phi) is 6.45. The highest BCUT2D eigenvalue weighted by Crippen LogP contribution is 2.33. The number of fused-ring (bicyclic) bond motifs is 1. The Hall–Kier alpha value is -4.05. The predicted octanol–water partition coefficient (Wildman–Crippen LogP) is 3.95. The Labute approximate surface area is 193 Å². The molecular formula is C23H20N4O5S. The number of benzene rings is 2. The highest BCUT2D eigenvalue weighted by molar-refractivity contribution is 7.14. The van der Waals surface area contributed by atoms with Gasteiger partial charge < -0.3 is 14.2 Å². The lowest BCUT2D eigenvalue weighted by molar-refractivity contribution is -0.123. The summed E-state index contributed by atoms with van der Waals surface area (Å²) >= 11 is 1.25. The van der Waals surface area contributed by atoms with Crippen molar-refractivity contribution >= 4 is 39.4 Å². The van der Waals surface area contributed by atoms with E-state index in [-0.39, 0.29) is 5.69 Å². The maximum absolute atomic E-state index is 12.5. The molecule has 168 valence electrons. The molecule has 4 aromatic rings. The molecule has 2 aromatic heterocycles. The van der Waals surface area contributed by atoms with Crippen LogP contribution >= 0.6 is 11.3 Å². The minimum atomic E-state index is -1.06. The van der Waals surface area contributed by atoms with E-state index in [1.54, 1.807) is 49.9 Å². The van der Waals surface area contributed by atoms with Crippen molar-refractivity contribution in [1.29, 1.82) is 0 Å². The third-order valence-corrected chi connectivity index (χ3v) is 5.48. The standard InChI is InChI=1S/C23H20N4O5S/c1-13(32-22(29)17-11-24-15-6-4-5-7-16(15)25-17)21(28)27-23-26-18(12-33-23)14-8-9-19(30-2)20(10-14)31-3/h4-13H,1-3H3,(H,26,27,28). The van der Waals surface area contributed by atoms with Crippen LogP contribution in [0.5, 0.6) is 11.5 Å². The van der Waals surface area contributed by atoms with Crippen molar-refractivity contribution in [3.8, 4) is 22.8 Å². The molecule has 0 saturated heterocycles. The SMILES string of the molecule is COc1ccc(-c2csc(NC(=O)C(C)OC(=O)c3cnc4ccccc4n3)n2)cc1OC. The second-order valence-corrected chi connectivity index (χ2v) is 7.75. The second kappa shape index (κ2) is 9.61. The van der Waals surface area contributed by atoms with Crippen molar-refractivity contribution < 1.29 is 23.8 Å². The van der Waals surface area contributed by atoms with Crippen molar-refractivity contribution in [2.75, 3.05) is 19.5 Å². The summed E-state index contributed by atoms with van der Waals surface area (Å²) in [6.07, 6.45) is 0.269. The molecule has 0 saturated carbocycles. The summed E-state index contributed by atoms with van der Waals surface area (Å²) < 4.78 is 15.8. The Bertz CT molecular complexity index is 1320. The Morgan fingerprint density at radius 2 is 1.76 bits per heavy atom. The lowest BCUT2D eigenvalue weighted by Crippen LogP contribution is -2.30. The Morgan fingerprint density at radius 3 is 2.52 bits per heavy atom. The molecule has 0 fully saturated rings. The molecule has 0 aliphatic carbocycles. The monoisotopic (exact) mass is 464 g/mol. The van der Waals surface area contributed by atoms with E-state index in [2.05, 4.69) is 20.3 Å². The van der Waals surface area contributed by atoms with Gasteiger partial charge in [0.05, 0.1) is 37.1 Å². The largest absolute Gasteiger partial charge is 0.493 e. The number of carbonyl (C=O) groups is 2. The number of nitrogens with one attached hydrogen (secondary N) is 1. The van der Waals surface area contributed by atoms with Crippen molar-refractivity contribution in [1.82, 2.24) is 15.0 Å². The average molecular weight is 465 g/mol. The van der Waals surface area contributed by atoms with Crippen LogP contribution in [0.1, 0.15) is 17.4 Å². The zero-order chi connectivity index (χ0) is 23.4. The summed E-state index contributed by atoms with van der Waals surface area (Å²) in [4.78, 5) is 37.8. The number of rotatable bonds is 7. The quantitative estimate of drug-likeness (QED) is 0.409.